The molecule has 1 aromatic carbocycles. The number of carbonyl (C=O) groups is 1. The van der Waals surface area contributed by atoms with E-state index in [9.17, 15) is 13.2 Å². The lowest BCUT2D eigenvalue weighted by Crippen LogP contribution is -2.64. The second-order valence-electron chi connectivity index (χ2n) is 5.99. The van der Waals surface area contributed by atoms with Gasteiger partial charge in [0.15, 0.2) is 9.84 Å². The molecule has 1 amide bonds. The number of carbonyl (C=O) groups excluding carboxylic acids is 1. The second kappa shape index (κ2) is 5.42. The van der Waals surface area contributed by atoms with Crippen LogP contribution in [0.2, 0.25) is 0 Å². The molecule has 0 atom stereocenters. The van der Waals surface area contributed by atoms with E-state index in [0.717, 1.165) is 5.56 Å². The average Bonchev–Trinajstić information content (AvgIpc) is 2.43. The molecular formula is C15H20N2O3S. The Bertz CT molecular complexity index is 610. The molecule has 1 N–H and O–H groups in total. The molecule has 2 aliphatic heterocycles. The minimum absolute atomic E-state index is 0.0909. The Hall–Kier alpha value is -1.40. The first-order valence-corrected chi connectivity index (χ1v) is 9.07. The summed E-state index contributed by atoms with van der Waals surface area (Å²) in [5.41, 5.74) is 0.750. The number of sulfone groups is 1. The van der Waals surface area contributed by atoms with Crippen LogP contribution >= 0.6 is 0 Å². The third-order valence-electron chi connectivity index (χ3n) is 4.40. The molecule has 2 aliphatic rings. The molecule has 0 bridgehead atoms. The molecular weight excluding hydrogens is 288 g/mol. The highest BCUT2D eigenvalue weighted by Crippen LogP contribution is 2.30. The summed E-state index contributed by atoms with van der Waals surface area (Å²) in [5.74, 6) is 0.279. The van der Waals surface area contributed by atoms with Crippen LogP contribution in [0, 0.1) is 5.41 Å². The van der Waals surface area contributed by atoms with Crippen LogP contribution in [0.25, 0.3) is 0 Å². The van der Waals surface area contributed by atoms with Gasteiger partial charge in [-0.3, -0.25) is 4.79 Å². The minimum atomic E-state index is -2.95. The van der Waals surface area contributed by atoms with Crippen molar-refractivity contribution in [2.45, 2.75) is 6.42 Å². The van der Waals surface area contributed by atoms with Gasteiger partial charge in [0.25, 0.3) is 0 Å². The third kappa shape index (κ3) is 2.96. The first-order chi connectivity index (χ1) is 10.0. The summed E-state index contributed by atoms with van der Waals surface area (Å²) >= 11 is 0. The number of benzene rings is 1. The van der Waals surface area contributed by atoms with Crippen LogP contribution in [-0.4, -0.2) is 56.9 Å². The van der Waals surface area contributed by atoms with Crippen LogP contribution in [0.5, 0.6) is 0 Å². The SMILES string of the molecule is O=C(N1CCS(=O)(=O)CC1)C1(Cc2ccccc2)CNC1. The topological polar surface area (TPSA) is 66.5 Å². The van der Waals surface area contributed by atoms with Gasteiger partial charge in [-0.1, -0.05) is 30.3 Å². The average molecular weight is 308 g/mol. The van der Waals surface area contributed by atoms with Crippen molar-refractivity contribution in [1.82, 2.24) is 10.2 Å². The normalized spacial score (nSPS) is 23.3. The Labute approximate surface area is 125 Å². The molecule has 0 aromatic heterocycles. The van der Waals surface area contributed by atoms with Crippen molar-refractivity contribution in [3.05, 3.63) is 35.9 Å². The van der Waals surface area contributed by atoms with Crippen molar-refractivity contribution in [2.75, 3.05) is 37.7 Å². The summed E-state index contributed by atoms with van der Waals surface area (Å²) in [6.45, 7) is 2.00. The maximum absolute atomic E-state index is 12.8. The fourth-order valence-electron chi connectivity index (χ4n) is 3.02. The zero-order valence-electron chi connectivity index (χ0n) is 11.9. The second-order valence-corrected chi connectivity index (χ2v) is 8.29. The highest BCUT2D eigenvalue weighted by atomic mass is 32.2. The summed E-state index contributed by atoms with van der Waals surface area (Å²) in [4.78, 5) is 14.5. The van der Waals surface area contributed by atoms with Crippen molar-refractivity contribution in [3.63, 3.8) is 0 Å². The summed E-state index contributed by atoms with van der Waals surface area (Å²) in [5, 5.41) is 3.19. The molecule has 2 fully saturated rings. The Morgan fingerprint density at radius 3 is 2.29 bits per heavy atom. The fraction of sp³-hybridized carbons (Fsp3) is 0.533. The van der Waals surface area contributed by atoms with E-state index in [-0.39, 0.29) is 17.4 Å². The van der Waals surface area contributed by atoms with Crippen molar-refractivity contribution >= 4 is 15.7 Å². The monoisotopic (exact) mass is 308 g/mol. The van der Waals surface area contributed by atoms with Gasteiger partial charge in [0, 0.05) is 26.2 Å². The number of amides is 1. The summed E-state index contributed by atoms with van der Waals surface area (Å²) in [6, 6.07) is 9.99. The molecule has 0 saturated carbocycles. The number of nitrogens with zero attached hydrogens (tertiary/aromatic N) is 1. The van der Waals surface area contributed by atoms with E-state index < -0.39 is 15.3 Å². The Balaban J connectivity index is 1.72. The molecule has 0 aliphatic carbocycles. The lowest BCUT2D eigenvalue weighted by atomic mass is 9.75. The number of hydrogen-bond donors (Lipinski definition) is 1. The van der Waals surface area contributed by atoms with Crippen LogP contribution in [0.4, 0.5) is 0 Å². The predicted octanol–water partition coefficient (Wildman–Crippen LogP) is 0.0757. The lowest BCUT2D eigenvalue weighted by Gasteiger charge is -2.45. The van der Waals surface area contributed by atoms with Gasteiger partial charge in [-0.05, 0) is 12.0 Å². The van der Waals surface area contributed by atoms with E-state index in [2.05, 4.69) is 5.32 Å². The van der Waals surface area contributed by atoms with Crippen molar-refractivity contribution in [1.29, 1.82) is 0 Å². The summed E-state index contributed by atoms with van der Waals surface area (Å²) in [7, 11) is -2.95. The maximum Gasteiger partial charge on any atom is 0.231 e. The van der Waals surface area contributed by atoms with Crippen LogP contribution in [0.1, 0.15) is 5.56 Å². The van der Waals surface area contributed by atoms with E-state index in [4.69, 9.17) is 0 Å². The van der Waals surface area contributed by atoms with Gasteiger partial charge in [0.2, 0.25) is 5.91 Å². The maximum atomic E-state index is 12.8. The third-order valence-corrected chi connectivity index (χ3v) is 6.01. The predicted molar refractivity (Wildman–Crippen MR) is 80.7 cm³/mol. The molecule has 0 spiro atoms. The molecule has 2 heterocycles. The fourth-order valence-corrected chi connectivity index (χ4v) is 4.22. The van der Waals surface area contributed by atoms with Crippen molar-refractivity contribution in [3.8, 4) is 0 Å². The van der Waals surface area contributed by atoms with Gasteiger partial charge in [0.1, 0.15) is 0 Å². The van der Waals surface area contributed by atoms with Crippen molar-refractivity contribution < 1.29 is 13.2 Å². The van der Waals surface area contributed by atoms with E-state index >= 15 is 0 Å². The van der Waals surface area contributed by atoms with E-state index in [1.54, 1.807) is 4.90 Å². The van der Waals surface area contributed by atoms with E-state index in [1.165, 1.54) is 0 Å². The van der Waals surface area contributed by atoms with Crippen LogP contribution < -0.4 is 5.32 Å². The largest absolute Gasteiger partial charge is 0.340 e. The van der Waals surface area contributed by atoms with Crippen LogP contribution in [0.3, 0.4) is 0 Å². The molecule has 2 saturated heterocycles. The molecule has 1 aromatic rings. The lowest BCUT2D eigenvalue weighted by molar-refractivity contribution is -0.145. The zero-order valence-corrected chi connectivity index (χ0v) is 12.7. The minimum Gasteiger partial charge on any atom is -0.340 e. The highest BCUT2D eigenvalue weighted by Gasteiger charge is 2.47. The first-order valence-electron chi connectivity index (χ1n) is 7.25. The van der Waals surface area contributed by atoms with Crippen LogP contribution in [0.15, 0.2) is 30.3 Å². The molecule has 5 nitrogen and oxygen atoms in total. The van der Waals surface area contributed by atoms with Gasteiger partial charge in [0.05, 0.1) is 16.9 Å². The molecule has 3 rings (SSSR count). The highest BCUT2D eigenvalue weighted by molar-refractivity contribution is 7.91. The Morgan fingerprint density at radius 1 is 1.14 bits per heavy atom. The van der Waals surface area contributed by atoms with Gasteiger partial charge in [-0.15, -0.1) is 0 Å². The zero-order chi connectivity index (χ0) is 14.9. The molecule has 0 radical (unpaired) electrons. The number of rotatable bonds is 3. The van der Waals surface area contributed by atoms with Gasteiger partial charge < -0.3 is 10.2 Å². The van der Waals surface area contributed by atoms with E-state index in [1.807, 2.05) is 30.3 Å². The van der Waals surface area contributed by atoms with Gasteiger partial charge in [-0.25, -0.2) is 8.42 Å². The van der Waals surface area contributed by atoms with Gasteiger partial charge >= 0.3 is 0 Å². The smallest absolute Gasteiger partial charge is 0.231 e. The summed E-state index contributed by atoms with van der Waals surface area (Å²) in [6.07, 6.45) is 0.711. The summed E-state index contributed by atoms with van der Waals surface area (Å²) < 4.78 is 23.0. The van der Waals surface area contributed by atoms with Crippen molar-refractivity contribution in [2.24, 2.45) is 5.41 Å². The van der Waals surface area contributed by atoms with E-state index in [0.29, 0.717) is 32.6 Å². The molecule has 114 valence electrons. The Kier molecular flexibility index (Phi) is 3.75. The molecule has 6 heteroatoms. The number of nitrogens with one attached hydrogen (secondary N) is 1. The van der Waals surface area contributed by atoms with Crippen LogP contribution in [-0.2, 0) is 21.1 Å². The Morgan fingerprint density at radius 2 is 1.76 bits per heavy atom. The first kappa shape index (κ1) is 14.5. The standard InChI is InChI=1S/C15H20N2O3S/c18-14(17-6-8-21(19,20)9-7-17)15(11-16-12-15)10-13-4-2-1-3-5-13/h1-5,16H,6-12H2. The molecule has 21 heavy (non-hydrogen) atoms. The quantitative estimate of drug-likeness (QED) is 0.858. The number of hydrogen-bond acceptors (Lipinski definition) is 4. The molecule has 0 unspecified atom stereocenters. The van der Waals surface area contributed by atoms with Gasteiger partial charge in [-0.2, -0.15) is 0 Å².